The lowest BCUT2D eigenvalue weighted by Gasteiger charge is -2.11. The van der Waals surface area contributed by atoms with Gasteiger partial charge in [0.05, 0.1) is 21.6 Å². The number of anilines is 1. The van der Waals surface area contributed by atoms with Crippen molar-refractivity contribution in [3.8, 4) is 0 Å². The van der Waals surface area contributed by atoms with E-state index in [1.807, 2.05) is 43.3 Å². The Morgan fingerprint density at radius 2 is 1.65 bits per heavy atom. The number of imidazole rings is 1. The van der Waals surface area contributed by atoms with Crippen molar-refractivity contribution in [2.75, 3.05) is 4.72 Å². The molecule has 0 bridgehead atoms. The predicted molar refractivity (Wildman–Crippen MR) is 126 cm³/mol. The summed E-state index contributed by atoms with van der Waals surface area (Å²) in [5.41, 5.74) is 3.99. The number of sulfonamides is 1. The van der Waals surface area contributed by atoms with E-state index in [0.29, 0.717) is 17.2 Å². The number of aliphatic imine (C=N–C) groups is 1. The Labute approximate surface area is 182 Å². The third-order valence-electron chi connectivity index (χ3n) is 4.95. The molecule has 0 unspecified atom stereocenters. The van der Waals surface area contributed by atoms with Crippen molar-refractivity contribution < 1.29 is 8.42 Å². The quantitative estimate of drug-likeness (QED) is 0.410. The van der Waals surface area contributed by atoms with Gasteiger partial charge in [-0.25, -0.2) is 18.4 Å². The lowest BCUT2D eigenvalue weighted by molar-refractivity contribution is 0.601. The summed E-state index contributed by atoms with van der Waals surface area (Å²) < 4.78 is 30.4. The van der Waals surface area contributed by atoms with Crippen molar-refractivity contribution in [1.82, 2.24) is 9.55 Å². The number of hydrogen-bond donors (Lipinski definition) is 1. The molecule has 31 heavy (non-hydrogen) atoms. The van der Waals surface area contributed by atoms with Gasteiger partial charge in [-0.05, 0) is 51.1 Å². The van der Waals surface area contributed by atoms with Gasteiger partial charge in [-0.3, -0.25) is 4.72 Å². The highest BCUT2D eigenvalue weighted by molar-refractivity contribution is 7.92. The number of rotatable bonds is 6. The Morgan fingerprint density at radius 3 is 2.39 bits per heavy atom. The van der Waals surface area contributed by atoms with E-state index < -0.39 is 10.0 Å². The second-order valence-corrected chi connectivity index (χ2v) is 9.31. The predicted octanol–water partition coefficient (Wildman–Crippen LogP) is 5.48. The van der Waals surface area contributed by atoms with E-state index >= 15 is 0 Å². The molecule has 0 aliphatic carbocycles. The van der Waals surface area contributed by atoms with Crippen molar-refractivity contribution in [3.63, 3.8) is 0 Å². The Hall–Kier alpha value is -3.45. The molecule has 0 amide bonds. The number of para-hydroxylation sites is 3. The van der Waals surface area contributed by atoms with Crippen molar-refractivity contribution in [1.29, 1.82) is 0 Å². The van der Waals surface area contributed by atoms with Gasteiger partial charge in [0.15, 0.2) is 0 Å². The number of benzene rings is 3. The number of fused-ring (bicyclic) bond motifs is 1. The average Bonchev–Trinajstić information content (AvgIpc) is 3.12. The summed E-state index contributed by atoms with van der Waals surface area (Å²) in [5.74, 6) is 0.576. The Balaban J connectivity index is 1.69. The average molecular weight is 433 g/mol. The summed E-state index contributed by atoms with van der Waals surface area (Å²) in [6.07, 6.45) is 1.65. The standard InChI is InChI=1S/C24H24N4O2S/c1-17(2)28-23-11-7-6-10-22(23)26-24(28)25-16-19-8-4-5-9-21(19)27-31(29,30)20-14-12-18(3)13-15-20/h4-17,27H,1-3H3/b25-16+. The van der Waals surface area contributed by atoms with E-state index in [0.717, 1.165) is 16.6 Å². The van der Waals surface area contributed by atoms with Gasteiger partial charge in [-0.15, -0.1) is 0 Å². The molecule has 7 heteroatoms. The van der Waals surface area contributed by atoms with Crippen LogP contribution in [0.2, 0.25) is 0 Å². The third kappa shape index (κ3) is 4.36. The zero-order valence-electron chi connectivity index (χ0n) is 17.6. The SMILES string of the molecule is Cc1ccc(S(=O)(=O)Nc2ccccc2/C=N/c2nc3ccccc3n2C(C)C)cc1. The largest absolute Gasteiger partial charge is 0.306 e. The first-order valence-corrected chi connectivity index (χ1v) is 11.5. The van der Waals surface area contributed by atoms with Gasteiger partial charge in [0.2, 0.25) is 5.95 Å². The van der Waals surface area contributed by atoms with Crippen LogP contribution in [0.1, 0.15) is 31.0 Å². The molecule has 0 fully saturated rings. The van der Waals surface area contributed by atoms with Gasteiger partial charge < -0.3 is 4.57 Å². The first-order valence-electron chi connectivity index (χ1n) is 10.0. The smallest absolute Gasteiger partial charge is 0.261 e. The summed E-state index contributed by atoms with van der Waals surface area (Å²) in [5, 5.41) is 0. The first-order chi connectivity index (χ1) is 14.8. The normalized spacial score (nSPS) is 12.1. The fraction of sp³-hybridized carbons (Fsp3) is 0.167. The van der Waals surface area contributed by atoms with Crippen molar-refractivity contribution in [2.45, 2.75) is 31.7 Å². The highest BCUT2D eigenvalue weighted by Crippen LogP contribution is 2.26. The van der Waals surface area contributed by atoms with Crippen LogP contribution in [-0.2, 0) is 10.0 Å². The van der Waals surface area contributed by atoms with Gasteiger partial charge >= 0.3 is 0 Å². The minimum Gasteiger partial charge on any atom is -0.306 e. The molecule has 6 nitrogen and oxygen atoms in total. The van der Waals surface area contributed by atoms with Crippen LogP contribution in [0.15, 0.2) is 82.7 Å². The molecule has 158 valence electrons. The monoisotopic (exact) mass is 432 g/mol. The molecule has 0 atom stereocenters. The van der Waals surface area contributed by atoms with Crippen LogP contribution in [-0.4, -0.2) is 24.2 Å². The number of aromatic nitrogens is 2. The van der Waals surface area contributed by atoms with Crippen LogP contribution in [0.5, 0.6) is 0 Å². The Morgan fingerprint density at radius 1 is 0.968 bits per heavy atom. The van der Waals surface area contributed by atoms with Gasteiger partial charge in [0.1, 0.15) is 0 Å². The van der Waals surface area contributed by atoms with E-state index in [4.69, 9.17) is 0 Å². The molecule has 1 heterocycles. The maximum absolute atomic E-state index is 12.8. The van der Waals surface area contributed by atoms with Crippen LogP contribution in [0.25, 0.3) is 11.0 Å². The molecular formula is C24H24N4O2S. The van der Waals surface area contributed by atoms with E-state index in [2.05, 4.69) is 33.1 Å². The molecule has 4 rings (SSSR count). The number of aryl methyl sites for hydroxylation is 1. The minimum absolute atomic E-state index is 0.176. The second kappa shape index (κ2) is 8.35. The van der Waals surface area contributed by atoms with Crippen LogP contribution in [0, 0.1) is 6.92 Å². The molecule has 4 aromatic rings. The Kier molecular flexibility index (Phi) is 5.61. The fourth-order valence-electron chi connectivity index (χ4n) is 3.38. The zero-order valence-corrected chi connectivity index (χ0v) is 18.5. The molecule has 0 saturated heterocycles. The minimum atomic E-state index is -3.71. The highest BCUT2D eigenvalue weighted by atomic mass is 32.2. The van der Waals surface area contributed by atoms with Gasteiger partial charge in [0.25, 0.3) is 10.0 Å². The third-order valence-corrected chi connectivity index (χ3v) is 6.33. The van der Waals surface area contributed by atoms with Crippen LogP contribution >= 0.6 is 0 Å². The number of hydrogen-bond acceptors (Lipinski definition) is 4. The van der Waals surface area contributed by atoms with Crippen LogP contribution < -0.4 is 4.72 Å². The van der Waals surface area contributed by atoms with Gasteiger partial charge in [-0.1, -0.05) is 48.0 Å². The van der Waals surface area contributed by atoms with E-state index in [1.54, 1.807) is 42.6 Å². The fourth-order valence-corrected chi connectivity index (χ4v) is 4.47. The zero-order chi connectivity index (χ0) is 22.0. The summed E-state index contributed by atoms with van der Waals surface area (Å²) in [6.45, 7) is 6.08. The summed E-state index contributed by atoms with van der Waals surface area (Å²) >= 11 is 0. The summed E-state index contributed by atoms with van der Waals surface area (Å²) in [6, 6.07) is 22.0. The maximum Gasteiger partial charge on any atom is 0.261 e. The van der Waals surface area contributed by atoms with Crippen molar-refractivity contribution in [2.24, 2.45) is 4.99 Å². The van der Waals surface area contributed by atoms with Gasteiger partial charge in [-0.2, -0.15) is 0 Å². The summed E-state index contributed by atoms with van der Waals surface area (Å²) in [4.78, 5) is 9.45. The summed E-state index contributed by atoms with van der Waals surface area (Å²) in [7, 11) is -3.71. The molecule has 0 spiro atoms. The molecule has 1 aromatic heterocycles. The van der Waals surface area contributed by atoms with E-state index in [9.17, 15) is 8.42 Å². The molecule has 0 aliphatic rings. The number of nitrogens with one attached hydrogen (secondary N) is 1. The van der Waals surface area contributed by atoms with Crippen LogP contribution in [0.3, 0.4) is 0 Å². The first kappa shape index (κ1) is 20.8. The van der Waals surface area contributed by atoms with Crippen molar-refractivity contribution in [3.05, 3.63) is 83.9 Å². The molecule has 1 N–H and O–H groups in total. The molecule has 0 radical (unpaired) electrons. The topological polar surface area (TPSA) is 76.3 Å². The second-order valence-electron chi connectivity index (χ2n) is 7.63. The Bertz CT molecular complexity index is 1350. The lowest BCUT2D eigenvalue weighted by Crippen LogP contribution is -2.14. The lowest BCUT2D eigenvalue weighted by atomic mass is 10.2. The molecule has 0 aliphatic heterocycles. The van der Waals surface area contributed by atoms with Crippen molar-refractivity contribution >= 4 is 38.9 Å². The molecule has 3 aromatic carbocycles. The highest BCUT2D eigenvalue weighted by Gasteiger charge is 2.16. The van der Waals surface area contributed by atoms with E-state index in [1.165, 1.54) is 0 Å². The maximum atomic E-state index is 12.8. The number of nitrogens with zero attached hydrogens (tertiary/aromatic N) is 3. The molecule has 0 saturated carbocycles. The van der Waals surface area contributed by atoms with Gasteiger partial charge in [0, 0.05) is 17.8 Å². The van der Waals surface area contributed by atoms with Crippen LogP contribution in [0.4, 0.5) is 11.6 Å². The van der Waals surface area contributed by atoms with E-state index in [-0.39, 0.29) is 10.9 Å². The molecular weight excluding hydrogens is 408 g/mol.